The van der Waals surface area contributed by atoms with Gasteiger partial charge in [0.25, 0.3) is 0 Å². The van der Waals surface area contributed by atoms with Gasteiger partial charge in [-0.3, -0.25) is 0 Å². The van der Waals surface area contributed by atoms with Crippen molar-refractivity contribution < 1.29 is 9.60 Å². The Morgan fingerprint density at radius 1 is 1.38 bits per heavy atom. The van der Waals surface area contributed by atoms with E-state index in [0.29, 0.717) is 18.8 Å². The first-order valence-electron chi connectivity index (χ1n) is 5.18. The van der Waals surface area contributed by atoms with E-state index in [1.54, 1.807) is 0 Å². The van der Waals surface area contributed by atoms with Crippen molar-refractivity contribution in [1.82, 2.24) is 5.06 Å². The van der Waals surface area contributed by atoms with Gasteiger partial charge in [-0.05, 0) is 38.5 Å². The fourth-order valence-corrected chi connectivity index (χ4v) is 4.05. The van der Waals surface area contributed by atoms with Gasteiger partial charge in [0.1, 0.15) is 5.67 Å². The Morgan fingerprint density at radius 2 is 2.15 bits per heavy atom. The van der Waals surface area contributed by atoms with Crippen molar-refractivity contribution in [2.24, 2.45) is 5.92 Å². The maximum atomic E-state index is 14.2. The minimum atomic E-state index is -0.959. The van der Waals surface area contributed by atoms with E-state index in [1.165, 1.54) is 5.06 Å². The highest BCUT2D eigenvalue weighted by atomic mass is 19.1. The number of hydrogen-bond acceptors (Lipinski definition) is 2. The van der Waals surface area contributed by atoms with Crippen LogP contribution >= 0.6 is 0 Å². The number of piperidine rings is 2. The Morgan fingerprint density at radius 3 is 2.77 bits per heavy atom. The molecule has 0 amide bonds. The summed E-state index contributed by atoms with van der Waals surface area (Å²) >= 11 is 0. The third-order valence-electron chi connectivity index (χ3n) is 4.19. The first kappa shape index (κ1) is 8.18. The van der Waals surface area contributed by atoms with E-state index in [1.807, 2.05) is 6.92 Å². The molecule has 4 atom stereocenters. The van der Waals surface area contributed by atoms with Crippen molar-refractivity contribution in [3.63, 3.8) is 0 Å². The van der Waals surface area contributed by atoms with Gasteiger partial charge < -0.3 is 5.21 Å². The zero-order valence-corrected chi connectivity index (χ0v) is 7.96. The molecule has 2 nitrogen and oxygen atoms in total. The molecule has 1 N–H and O–H groups in total. The summed E-state index contributed by atoms with van der Waals surface area (Å²) in [4.78, 5) is 0. The van der Waals surface area contributed by atoms with E-state index < -0.39 is 5.67 Å². The topological polar surface area (TPSA) is 23.5 Å². The van der Waals surface area contributed by atoms with Gasteiger partial charge in [0, 0.05) is 18.0 Å². The Bertz CT molecular complexity index is 259. The minimum Gasteiger partial charge on any atom is -0.313 e. The fourth-order valence-electron chi connectivity index (χ4n) is 4.05. The van der Waals surface area contributed by atoms with Gasteiger partial charge in [0.15, 0.2) is 0 Å². The average Bonchev–Trinajstić information content (AvgIpc) is 1.96. The van der Waals surface area contributed by atoms with Gasteiger partial charge in [-0.2, -0.15) is 5.06 Å². The minimum absolute atomic E-state index is 0.0937. The molecule has 0 aromatic rings. The predicted octanol–water partition coefficient (Wildman–Crippen LogP) is 2.12. The van der Waals surface area contributed by atoms with Gasteiger partial charge in [0.2, 0.25) is 0 Å². The summed E-state index contributed by atoms with van der Waals surface area (Å²) in [6, 6.07) is 0.0937. The quantitative estimate of drug-likeness (QED) is 0.625. The summed E-state index contributed by atoms with van der Waals surface area (Å²) < 4.78 is 14.2. The van der Waals surface area contributed by atoms with Crippen molar-refractivity contribution in [2.45, 2.75) is 56.3 Å². The molecule has 4 fully saturated rings. The van der Waals surface area contributed by atoms with Gasteiger partial charge in [-0.15, -0.1) is 0 Å². The van der Waals surface area contributed by atoms with Crippen molar-refractivity contribution in [3.8, 4) is 0 Å². The van der Waals surface area contributed by atoms with Crippen LogP contribution in [0.4, 0.5) is 4.39 Å². The molecule has 4 rings (SSSR count). The molecular weight excluding hydrogens is 169 g/mol. The molecule has 4 aliphatic rings. The number of alkyl halides is 1. The van der Waals surface area contributed by atoms with Crippen LogP contribution in [0.5, 0.6) is 0 Å². The predicted molar refractivity (Wildman–Crippen MR) is 46.2 cm³/mol. The van der Waals surface area contributed by atoms with Crippen molar-refractivity contribution in [1.29, 1.82) is 0 Å². The molecule has 2 heterocycles. The van der Waals surface area contributed by atoms with Crippen LogP contribution in [-0.4, -0.2) is 27.5 Å². The molecule has 74 valence electrons. The Labute approximate surface area is 77.7 Å². The third-order valence-corrected chi connectivity index (χ3v) is 4.19. The molecule has 0 aromatic carbocycles. The number of hydroxylamine groups is 2. The summed E-state index contributed by atoms with van der Waals surface area (Å²) in [5.74, 6) is 0.519. The SMILES string of the molecule is CC12CC3CC(CC(F)(C3)C1)N2O. The number of halogens is 1. The summed E-state index contributed by atoms with van der Waals surface area (Å²) in [5.41, 5.74) is -1.22. The molecule has 2 aliphatic carbocycles. The maximum Gasteiger partial charge on any atom is 0.114 e. The number of rotatable bonds is 0. The second-order valence-electron chi connectivity index (χ2n) is 5.54. The van der Waals surface area contributed by atoms with Gasteiger partial charge in [-0.25, -0.2) is 4.39 Å². The number of hydrogen-bond donors (Lipinski definition) is 1. The summed E-state index contributed by atoms with van der Waals surface area (Å²) in [6.07, 6.45) is 3.80. The Kier molecular flexibility index (Phi) is 1.31. The molecule has 2 saturated heterocycles. The molecular formula is C10H16FNO. The largest absolute Gasteiger partial charge is 0.313 e. The second kappa shape index (κ2) is 2.09. The monoisotopic (exact) mass is 185 g/mol. The van der Waals surface area contributed by atoms with Crippen LogP contribution < -0.4 is 0 Å². The smallest absolute Gasteiger partial charge is 0.114 e. The van der Waals surface area contributed by atoms with Crippen molar-refractivity contribution in [3.05, 3.63) is 0 Å². The lowest BCUT2D eigenvalue weighted by Crippen LogP contribution is -2.67. The highest BCUT2D eigenvalue weighted by Crippen LogP contribution is 2.57. The van der Waals surface area contributed by atoms with Crippen LogP contribution in [0.15, 0.2) is 0 Å². The highest BCUT2D eigenvalue weighted by molar-refractivity contribution is 5.11. The van der Waals surface area contributed by atoms with Crippen LogP contribution in [0.3, 0.4) is 0 Å². The molecule has 3 heteroatoms. The van der Waals surface area contributed by atoms with Gasteiger partial charge in [-0.1, -0.05) is 0 Å². The fraction of sp³-hybridized carbons (Fsp3) is 1.00. The summed E-state index contributed by atoms with van der Waals surface area (Å²) in [7, 11) is 0. The van der Waals surface area contributed by atoms with Crippen LogP contribution in [-0.2, 0) is 0 Å². The zero-order chi connectivity index (χ0) is 9.27. The first-order valence-corrected chi connectivity index (χ1v) is 5.18. The van der Waals surface area contributed by atoms with Crippen molar-refractivity contribution in [2.75, 3.05) is 0 Å². The molecule has 4 bridgehead atoms. The lowest BCUT2D eigenvalue weighted by Gasteiger charge is -2.61. The van der Waals surface area contributed by atoms with E-state index in [2.05, 4.69) is 0 Å². The van der Waals surface area contributed by atoms with E-state index in [0.717, 1.165) is 19.3 Å². The molecule has 0 radical (unpaired) electrons. The number of nitrogens with zero attached hydrogens (tertiary/aromatic N) is 1. The van der Waals surface area contributed by atoms with Crippen molar-refractivity contribution >= 4 is 0 Å². The van der Waals surface area contributed by atoms with E-state index in [-0.39, 0.29) is 11.6 Å². The Hall–Kier alpha value is -0.150. The van der Waals surface area contributed by atoms with E-state index in [9.17, 15) is 9.60 Å². The normalized spacial score (nSPS) is 60.2. The third kappa shape index (κ3) is 0.947. The summed E-state index contributed by atoms with van der Waals surface area (Å²) in [5, 5.41) is 11.3. The first-order chi connectivity index (χ1) is 6.01. The second-order valence-corrected chi connectivity index (χ2v) is 5.54. The standard InChI is InChI=1S/C10H16FNO/c1-9-3-7-2-8(12(9)13)5-10(11,4-7)6-9/h7-8,13H,2-6H2,1H3. The van der Waals surface area contributed by atoms with Crippen LogP contribution in [0, 0.1) is 5.92 Å². The lowest BCUT2D eigenvalue weighted by molar-refractivity contribution is -0.288. The molecule has 2 aliphatic heterocycles. The molecule has 0 spiro atoms. The molecule has 4 unspecified atom stereocenters. The van der Waals surface area contributed by atoms with E-state index in [4.69, 9.17) is 0 Å². The highest BCUT2D eigenvalue weighted by Gasteiger charge is 2.60. The zero-order valence-electron chi connectivity index (χ0n) is 7.96. The van der Waals surface area contributed by atoms with Gasteiger partial charge in [0.05, 0.1) is 0 Å². The van der Waals surface area contributed by atoms with Crippen LogP contribution in [0.2, 0.25) is 0 Å². The van der Waals surface area contributed by atoms with Crippen LogP contribution in [0.1, 0.15) is 39.0 Å². The molecule has 0 aromatic heterocycles. The maximum absolute atomic E-state index is 14.2. The van der Waals surface area contributed by atoms with Crippen LogP contribution in [0.25, 0.3) is 0 Å². The average molecular weight is 185 g/mol. The van der Waals surface area contributed by atoms with E-state index >= 15 is 0 Å². The molecule has 2 saturated carbocycles. The lowest BCUT2D eigenvalue weighted by atomic mass is 9.58. The van der Waals surface area contributed by atoms with Gasteiger partial charge >= 0.3 is 0 Å². The summed E-state index contributed by atoms with van der Waals surface area (Å²) in [6.45, 7) is 2.00. The Balaban J connectivity index is 2.01. The molecule has 13 heavy (non-hydrogen) atoms.